The summed E-state index contributed by atoms with van der Waals surface area (Å²) in [6, 6.07) is 7.37. The monoisotopic (exact) mass is 186 g/mol. The van der Waals surface area contributed by atoms with Crippen molar-refractivity contribution in [1.29, 1.82) is 0 Å². The van der Waals surface area contributed by atoms with E-state index in [1.54, 1.807) is 0 Å². The number of quaternary nitrogens is 1. The predicted octanol–water partition coefficient (Wildman–Crippen LogP) is 1.35. The van der Waals surface area contributed by atoms with E-state index in [4.69, 9.17) is 16.3 Å². The van der Waals surface area contributed by atoms with E-state index < -0.39 is 0 Å². The maximum atomic E-state index is 5.71. The zero-order chi connectivity index (χ0) is 8.81. The summed E-state index contributed by atoms with van der Waals surface area (Å²) in [6.07, 6.45) is 0.989. The van der Waals surface area contributed by atoms with Crippen molar-refractivity contribution in [1.82, 2.24) is 0 Å². The number of rotatable bonds is 4. The van der Waals surface area contributed by atoms with Gasteiger partial charge in [-0.15, -0.1) is 0 Å². The van der Waals surface area contributed by atoms with Gasteiger partial charge in [0, 0.05) is 11.4 Å². The zero-order valence-electron chi connectivity index (χ0n) is 6.92. The number of benzene rings is 1. The Morgan fingerprint density at radius 2 is 1.92 bits per heavy atom. The SMILES string of the molecule is [NH3+]CCCOc1ccc(Cl)cc1. The standard InChI is InChI=1S/C9H12ClNO/c10-8-2-4-9(5-3-8)12-7-1-6-11/h2-5H,1,6-7,11H2/p+1. The first kappa shape index (κ1) is 9.36. The molecule has 3 N–H and O–H groups in total. The lowest BCUT2D eigenvalue weighted by molar-refractivity contribution is -0.368. The molecule has 0 aliphatic rings. The van der Waals surface area contributed by atoms with E-state index in [1.807, 2.05) is 24.3 Å². The second-order valence-electron chi connectivity index (χ2n) is 2.51. The average Bonchev–Trinajstić information content (AvgIpc) is 2.09. The Kier molecular flexibility index (Phi) is 3.91. The van der Waals surface area contributed by atoms with Crippen molar-refractivity contribution in [2.45, 2.75) is 6.42 Å². The second kappa shape index (κ2) is 5.01. The third-order valence-electron chi connectivity index (χ3n) is 1.48. The van der Waals surface area contributed by atoms with E-state index >= 15 is 0 Å². The average molecular weight is 187 g/mol. The third-order valence-corrected chi connectivity index (χ3v) is 1.73. The Morgan fingerprint density at radius 3 is 2.50 bits per heavy atom. The molecule has 1 aromatic carbocycles. The third kappa shape index (κ3) is 3.11. The van der Waals surface area contributed by atoms with Gasteiger partial charge in [0.05, 0.1) is 13.2 Å². The summed E-state index contributed by atoms with van der Waals surface area (Å²) in [4.78, 5) is 0. The molecule has 0 aliphatic carbocycles. The van der Waals surface area contributed by atoms with Crippen molar-refractivity contribution in [3.8, 4) is 5.75 Å². The molecule has 0 fully saturated rings. The van der Waals surface area contributed by atoms with Crippen LogP contribution in [0.1, 0.15) is 6.42 Å². The Morgan fingerprint density at radius 1 is 1.25 bits per heavy atom. The van der Waals surface area contributed by atoms with Crippen molar-refractivity contribution in [3.63, 3.8) is 0 Å². The zero-order valence-corrected chi connectivity index (χ0v) is 7.68. The van der Waals surface area contributed by atoms with Gasteiger partial charge in [0.25, 0.3) is 0 Å². The molecule has 66 valence electrons. The summed E-state index contributed by atoms with van der Waals surface area (Å²) >= 11 is 5.71. The second-order valence-corrected chi connectivity index (χ2v) is 2.95. The molecule has 0 aromatic heterocycles. The van der Waals surface area contributed by atoms with Crippen LogP contribution < -0.4 is 10.5 Å². The molecule has 3 heteroatoms. The highest BCUT2D eigenvalue weighted by Gasteiger charge is 1.92. The summed E-state index contributed by atoms with van der Waals surface area (Å²) < 4.78 is 5.40. The van der Waals surface area contributed by atoms with Crippen LogP contribution in [-0.2, 0) is 0 Å². The number of halogens is 1. The lowest BCUT2D eigenvalue weighted by atomic mass is 10.3. The maximum Gasteiger partial charge on any atom is 0.119 e. The molecule has 0 bridgehead atoms. The van der Waals surface area contributed by atoms with Gasteiger partial charge in [-0.1, -0.05) is 11.6 Å². The Bertz CT molecular complexity index is 222. The fraction of sp³-hybridized carbons (Fsp3) is 0.333. The van der Waals surface area contributed by atoms with Crippen LogP contribution >= 0.6 is 11.6 Å². The molecule has 1 rings (SSSR count). The molecule has 0 saturated carbocycles. The van der Waals surface area contributed by atoms with Crippen molar-refractivity contribution in [2.75, 3.05) is 13.2 Å². The molecule has 0 amide bonds. The van der Waals surface area contributed by atoms with Crippen molar-refractivity contribution < 1.29 is 10.5 Å². The van der Waals surface area contributed by atoms with E-state index in [9.17, 15) is 0 Å². The lowest BCUT2D eigenvalue weighted by Gasteiger charge is -2.03. The predicted molar refractivity (Wildman–Crippen MR) is 49.3 cm³/mol. The molecular weight excluding hydrogens is 174 g/mol. The fourth-order valence-electron chi connectivity index (χ4n) is 0.823. The topological polar surface area (TPSA) is 36.9 Å². The van der Waals surface area contributed by atoms with Crippen LogP contribution in [0.3, 0.4) is 0 Å². The summed E-state index contributed by atoms with van der Waals surface area (Å²) in [6.45, 7) is 1.64. The molecule has 12 heavy (non-hydrogen) atoms. The number of ether oxygens (including phenoxy) is 1. The minimum Gasteiger partial charge on any atom is -0.493 e. The molecule has 2 nitrogen and oxygen atoms in total. The smallest absolute Gasteiger partial charge is 0.119 e. The molecule has 0 radical (unpaired) electrons. The summed E-state index contributed by atoms with van der Waals surface area (Å²) in [5.74, 6) is 0.868. The lowest BCUT2D eigenvalue weighted by Crippen LogP contribution is -2.50. The summed E-state index contributed by atoms with van der Waals surface area (Å²) in [5, 5.41) is 0.736. The molecule has 0 atom stereocenters. The van der Waals surface area contributed by atoms with E-state index in [0.29, 0.717) is 0 Å². The first-order chi connectivity index (χ1) is 5.83. The Balaban J connectivity index is 2.37. The van der Waals surface area contributed by atoms with Crippen LogP contribution in [0.25, 0.3) is 0 Å². The van der Waals surface area contributed by atoms with Gasteiger partial charge >= 0.3 is 0 Å². The molecule has 1 aromatic rings. The van der Waals surface area contributed by atoms with Gasteiger partial charge in [-0.3, -0.25) is 0 Å². The highest BCUT2D eigenvalue weighted by atomic mass is 35.5. The molecular formula is C9H13ClNO+. The van der Waals surface area contributed by atoms with Crippen molar-refractivity contribution >= 4 is 11.6 Å². The number of hydrogen-bond acceptors (Lipinski definition) is 1. The minimum atomic E-state index is 0.727. The summed E-state index contributed by atoms with van der Waals surface area (Å²) in [5.41, 5.74) is 3.73. The van der Waals surface area contributed by atoms with Gasteiger partial charge in [-0.2, -0.15) is 0 Å². The minimum absolute atomic E-state index is 0.727. The highest BCUT2D eigenvalue weighted by Crippen LogP contribution is 2.15. The Hall–Kier alpha value is -0.730. The van der Waals surface area contributed by atoms with E-state index in [1.165, 1.54) is 0 Å². The fourth-order valence-corrected chi connectivity index (χ4v) is 0.949. The Labute approximate surface area is 77.3 Å². The van der Waals surface area contributed by atoms with Crippen LogP contribution in [0.4, 0.5) is 0 Å². The largest absolute Gasteiger partial charge is 0.493 e. The van der Waals surface area contributed by atoms with Crippen LogP contribution in [0.2, 0.25) is 5.02 Å². The first-order valence-corrected chi connectivity index (χ1v) is 4.38. The molecule has 0 heterocycles. The maximum absolute atomic E-state index is 5.71. The van der Waals surface area contributed by atoms with Crippen LogP contribution in [0.15, 0.2) is 24.3 Å². The van der Waals surface area contributed by atoms with Gasteiger partial charge in [0.2, 0.25) is 0 Å². The molecule has 0 aliphatic heterocycles. The quantitative estimate of drug-likeness (QED) is 0.709. The van der Waals surface area contributed by atoms with Gasteiger partial charge < -0.3 is 10.5 Å². The number of hydrogen-bond donors (Lipinski definition) is 1. The highest BCUT2D eigenvalue weighted by molar-refractivity contribution is 6.30. The normalized spacial score (nSPS) is 9.83. The van der Waals surface area contributed by atoms with E-state index in [2.05, 4.69) is 5.73 Å². The first-order valence-electron chi connectivity index (χ1n) is 4.00. The van der Waals surface area contributed by atoms with Crippen LogP contribution in [0, 0.1) is 0 Å². The van der Waals surface area contributed by atoms with Crippen molar-refractivity contribution in [3.05, 3.63) is 29.3 Å². The van der Waals surface area contributed by atoms with Crippen LogP contribution in [0.5, 0.6) is 5.75 Å². The van der Waals surface area contributed by atoms with Crippen molar-refractivity contribution in [2.24, 2.45) is 0 Å². The molecule has 0 unspecified atom stereocenters. The van der Waals surface area contributed by atoms with Crippen LogP contribution in [-0.4, -0.2) is 13.2 Å². The summed E-state index contributed by atoms with van der Waals surface area (Å²) in [7, 11) is 0. The van der Waals surface area contributed by atoms with E-state index in [0.717, 1.165) is 30.3 Å². The molecule has 0 spiro atoms. The van der Waals surface area contributed by atoms with E-state index in [-0.39, 0.29) is 0 Å². The van der Waals surface area contributed by atoms with Gasteiger partial charge in [0.15, 0.2) is 0 Å². The van der Waals surface area contributed by atoms with Gasteiger partial charge in [-0.25, -0.2) is 0 Å². The molecule has 0 saturated heterocycles. The van der Waals surface area contributed by atoms with Gasteiger partial charge in [0.1, 0.15) is 5.75 Å². The van der Waals surface area contributed by atoms with Gasteiger partial charge in [-0.05, 0) is 24.3 Å².